The number of hydrogen-bond acceptors (Lipinski definition) is 7. The molecule has 0 bridgehead atoms. The van der Waals surface area contributed by atoms with Crippen LogP contribution < -0.4 is 5.32 Å². The van der Waals surface area contributed by atoms with E-state index < -0.39 is 11.8 Å². The normalized spacial score (nSPS) is 11.1. The zero-order valence-electron chi connectivity index (χ0n) is 15.5. The van der Waals surface area contributed by atoms with Crippen molar-refractivity contribution in [1.29, 1.82) is 0 Å². The van der Waals surface area contributed by atoms with Crippen LogP contribution in [-0.4, -0.2) is 36.4 Å². The maximum atomic E-state index is 12.2. The van der Waals surface area contributed by atoms with Gasteiger partial charge in [0.15, 0.2) is 5.69 Å². The molecular formula is C20H15N7O3. The van der Waals surface area contributed by atoms with E-state index in [0.29, 0.717) is 16.5 Å². The van der Waals surface area contributed by atoms with E-state index in [4.69, 9.17) is 0 Å². The molecule has 3 heterocycles. The molecule has 30 heavy (non-hydrogen) atoms. The number of aromatic nitrogens is 4. The average Bonchev–Trinajstić information content (AvgIpc) is 3.07. The molecule has 0 aliphatic rings. The fourth-order valence-corrected chi connectivity index (χ4v) is 2.84. The minimum atomic E-state index is -0.565. The fourth-order valence-electron chi connectivity index (χ4n) is 2.84. The van der Waals surface area contributed by atoms with Crippen molar-refractivity contribution >= 4 is 28.4 Å². The Morgan fingerprint density at radius 2 is 1.83 bits per heavy atom. The summed E-state index contributed by atoms with van der Waals surface area (Å²) in [4.78, 5) is 36.1. The van der Waals surface area contributed by atoms with Gasteiger partial charge in [0, 0.05) is 35.7 Å². The molecule has 4 rings (SSSR count). The average molecular weight is 401 g/mol. The Bertz CT molecular complexity index is 1240. The number of carbonyl (C=O) groups excluding carboxylic acids is 2. The summed E-state index contributed by atoms with van der Waals surface area (Å²) in [7, 11) is 0. The van der Waals surface area contributed by atoms with E-state index in [1.54, 1.807) is 24.3 Å². The lowest BCUT2D eigenvalue weighted by molar-refractivity contribution is 0.0935. The zero-order valence-corrected chi connectivity index (χ0v) is 15.5. The van der Waals surface area contributed by atoms with E-state index in [1.807, 2.05) is 0 Å². The minimum absolute atomic E-state index is 0.0461. The van der Waals surface area contributed by atoms with Gasteiger partial charge in [-0.2, -0.15) is 0 Å². The summed E-state index contributed by atoms with van der Waals surface area (Å²) < 4.78 is 1.45. The quantitative estimate of drug-likeness (QED) is 0.494. The van der Waals surface area contributed by atoms with Crippen molar-refractivity contribution in [3.63, 3.8) is 0 Å². The van der Waals surface area contributed by atoms with Gasteiger partial charge in [0.2, 0.25) is 5.88 Å². The third kappa shape index (κ3) is 3.74. The maximum Gasteiger partial charge on any atom is 0.295 e. The highest BCUT2D eigenvalue weighted by Crippen LogP contribution is 2.38. The largest absolute Gasteiger partial charge is 0.493 e. The summed E-state index contributed by atoms with van der Waals surface area (Å²) in [5.74, 6) is -1.25. The Kier molecular flexibility index (Phi) is 5.20. The van der Waals surface area contributed by atoms with Crippen molar-refractivity contribution in [1.82, 2.24) is 24.8 Å². The van der Waals surface area contributed by atoms with Crippen molar-refractivity contribution in [2.24, 2.45) is 10.2 Å². The van der Waals surface area contributed by atoms with E-state index in [0.717, 1.165) is 0 Å². The van der Waals surface area contributed by atoms with Crippen LogP contribution in [0.5, 0.6) is 5.88 Å². The number of amides is 2. The molecule has 0 saturated heterocycles. The molecule has 0 unspecified atom stereocenters. The fraction of sp³-hybridized carbons (Fsp3) is 0.0500. The first-order valence-corrected chi connectivity index (χ1v) is 8.85. The predicted molar refractivity (Wildman–Crippen MR) is 106 cm³/mol. The Morgan fingerprint density at radius 1 is 1.03 bits per heavy atom. The van der Waals surface area contributed by atoms with Gasteiger partial charge in [-0.1, -0.05) is 18.2 Å². The van der Waals surface area contributed by atoms with Crippen LogP contribution in [-0.2, 0) is 6.67 Å². The number of nitrogens with zero attached hydrogens (tertiary/aromatic N) is 6. The number of carbonyl (C=O) groups is 2. The molecule has 2 N–H and O–H groups in total. The van der Waals surface area contributed by atoms with E-state index in [9.17, 15) is 14.7 Å². The second kappa shape index (κ2) is 8.27. The van der Waals surface area contributed by atoms with E-state index in [1.165, 1.54) is 47.7 Å². The summed E-state index contributed by atoms with van der Waals surface area (Å²) in [6, 6.07) is 10.1. The molecule has 4 aromatic rings. The molecular weight excluding hydrogens is 386 g/mol. The number of pyridine rings is 1. The Hall–Kier alpha value is -4.47. The molecule has 10 nitrogen and oxygen atoms in total. The van der Waals surface area contributed by atoms with Gasteiger partial charge in [-0.3, -0.25) is 24.1 Å². The standard InChI is InChI=1S/C20H15N7O3/c28-18(13-5-7-21-8-6-13)26-25-17-14-3-1-2-4-16(14)27(20(17)30)12-24-19(29)15-11-22-9-10-23-15/h1-11,30H,12H2,(H,24,29). The summed E-state index contributed by atoms with van der Waals surface area (Å²) in [5.41, 5.74) is 1.21. The van der Waals surface area contributed by atoms with Crippen LogP contribution in [0.25, 0.3) is 10.9 Å². The number of fused-ring (bicyclic) bond motifs is 1. The smallest absolute Gasteiger partial charge is 0.295 e. The van der Waals surface area contributed by atoms with Crippen LogP contribution in [0.4, 0.5) is 5.69 Å². The molecule has 0 aliphatic carbocycles. The first kappa shape index (κ1) is 18.9. The Balaban J connectivity index is 1.62. The minimum Gasteiger partial charge on any atom is -0.493 e. The number of rotatable bonds is 5. The number of azo groups is 1. The molecule has 0 atom stereocenters. The van der Waals surface area contributed by atoms with E-state index >= 15 is 0 Å². The molecule has 2 amide bonds. The first-order chi connectivity index (χ1) is 14.6. The molecule has 0 spiro atoms. The third-order valence-corrected chi connectivity index (χ3v) is 4.28. The number of aromatic hydroxyl groups is 1. The highest BCUT2D eigenvalue weighted by Gasteiger charge is 2.18. The summed E-state index contributed by atoms with van der Waals surface area (Å²) in [5, 5.41) is 21.6. The van der Waals surface area contributed by atoms with Gasteiger partial charge in [0.05, 0.1) is 18.4 Å². The van der Waals surface area contributed by atoms with E-state index in [-0.39, 0.29) is 23.9 Å². The van der Waals surface area contributed by atoms with E-state index in [2.05, 4.69) is 30.5 Å². The SMILES string of the molecule is O=C(N=Nc1c(O)n(CNC(=O)c2cnccn2)c2ccccc12)c1ccncc1. The van der Waals surface area contributed by atoms with Gasteiger partial charge < -0.3 is 10.4 Å². The van der Waals surface area contributed by atoms with Gasteiger partial charge in [-0.05, 0) is 18.2 Å². The number of nitrogens with one attached hydrogen (secondary N) is 1. The monoisotopic (exact) mass is 401 g/mol. The number of para-hydroxylation sites is 1. The van der Waals surface area contributed by atoms with Gasteiger partial charge in [-0.15, -0.1) is 10.2 Å². The molecule has 148 valence electrons. The lowest BCUT2D eigenvalue weighted by Crippen LogP contribution is -2.26. The second-order valence-electron chi connectivity index (χ2n) is 6.11. The van der Waals surface area contributed by atoms with Crippen LogP contribution in [0.3, 0.4) is 0 Å². The molecule has 0 fully saturated rings. The predicted octanol–water partition coefficient (Wildman–Crippen LogP) is 2.84. The summed E-state index contributed by atoms with van der Waals surface area (Å²) >= 11 is 0. The van der Waals surface area contributed by atoms with Crippen LogP contribution in [0.1, 0.15) is 20.8 Å². The van der Waals surface area contributed by atoms with Crippen molar-refractivity contribution in [3.05, 3.63) is 78.6 Å². The molecule has 0 saturated carbocycles. The van der Waals surface area contributed by atoms with Gasteiger partial charge in [0.1, 0.15) is 5.69 Å². The molecule has 10 heteroatoms. The van der Waals surface area contributed by atoms with Gasteiger partial charge >= 0.3 is 0 Å². The molecule has 0 radical (unpaired) electrons. The van der Waals surface area contributed by atoms with Crippen LogP contribution in [0, 0.1) is 0 Å². The van der Waals surface area contributed by atoms with Crippen molar-refractivity contribution in [2.75, 3.05) is 0 Å². The number of benzene rings is 1. The summed E-state index contributed by atoms with van der Waals surface area (Å²) in [6.07, 6.45) is 7.17. The first-order valence-electron chi connectivity index (χ1n) is 8.85. The van der Waals surface area contributed by atoms with Crippen molar-refractivity contribution in [3.8, 4) is 5.88 Å². The third-order valence-electron chi connectivity index (χ3n) is 4.28. The highest BCUT2D eigenvalue weighted by atomic mass is 16.3. The van der Waals surface area contributed by atoms with Gasteiger partial charge in [0.25, 0.3) is 11.8 Å². The molecule has 0 aliphatic heterocycles. The highest BCUT2D eigenvalue weighted by molar-refractivity contribution is 5.97. The van der Waals surface area contributed by atoms with Crippen LogP contribution >= 0.6 is 0 Å². The lowest BCUT2D eigenvalue weighted by Gasteiger charge is -2.08. The lowest BCUT2D eigenvalue weighted by atomic mass is 10.2. The van der Waals surface area contributed by atoms with Crippen LogP contribution in [0.2, 0.25) is 0 Å². The molecule has 1 aromatic carbocycles. The topological polar surface area (TPSA) is 135 Å². The van der Waals surface area contributed by atoms with Crippen LogP contribution in [0.15, 0.2) is 77.6 Å². The van der Waals surface area contributed by atoms with Gasteiger partial charge in [-0.25, -0.2) is 4.98 Å². The Morgan fingerprint density at radius 3 is 2.60 bits per heavy atom. The van der Waals surface area contributed by atoms with Crippen molar-refractivity contribution < 1.29 is 14.7 Å². The van der Waals surface area contributed by atoms with Crippen molar-refractivity contribution in [2.45, 2.75) is 6.67 Å². The Labute approximate surface area is 170 Å². The second-order valence-corrected chi connectivity index (χ2v) is 6.11. The maximum absolute atomic E-state index is 12.2. The zero-order chi connectivity index (χ0) is 20.9. The molecule has 3 aromatic heterocycles. The summed E-state index contributed by atoms with van der Waals surface area (Å²) in [6.45, 7) is -0.0461. The number of hydrogen-bond donors (Lipinski definition) is 2.